The number of hydrogen-bond donors (Lipinski definition) is 3. The van der Waals surface area contributed by atoms with Gasteiger partial charge in [0.25, 0.3) is 0 Å². The summed E-state index contributed by atoms with van der Waals surface area (Å²) < 4.78 is 2.73. The molecule has 27 heavy (non-hydrogen) atoms. The van der Waals surface area contributed by atoms with Gasteiger partial charge < -0.3 is 34.2 Å². The summed E-state index contributed by atoms with van der Waals surface area (Å²) in [5.41, 5.74) is 0. The number of unbranched alkanes of at least 4 members (excludes halogenated alkanes) is 2. The van der Waals surface area contributed by atoms with E-state index in [4.69, 9.17) is 15.3 Å². The van der Waals surface area contributed by atoms with E-state index in [1.54, 1.807) is 0 Å². The highest BCUT2D eigenvalue weighted by Crippen LogP contribution is 2.20. The highest BCUT2D eigenvalue weighted by Gasteiger charge is 2.27. The number of rotatable bonds is 9. The van der Waals surface area contributed by atoms with Gasteiger partial charge in [-0.3, -0.25) is 0 Å². The van der Waals surface area contributed by atoms with Crippen LogP contribution in [-0.4, -0.2) is 102 Å². The minimum Gasteiger partial charge on any atom is -0.547 e. The average molecular weight is 390 g/mol. The summed E-state index contributed by atoms with van der Waals surface area (Å²) in [5, 5.41) is 34.1. The number of carbonyl (C=O) groups excluding carboxylic acids is 1. The van der Waals surface area contributed by atoms with Crippen molar-refractivity contribution in [3.63, 3.8) is 0 Å². The molecule has 2 aliphatic rings. The van der Waals surface area contributed by atoms with E-state index in [0.29, 0.717) is 0 Å². The van der Waals surface area contributed by atoms with Crippen molar-refractivity contribution < 1.29 is 39.0 Å². The zero-order valence-electron chi connectivity index (χ0n) is 16.8. The summed E-state index contributed by atoms with van der Waals surface area (Å²) in [6, 6.07) is 0. The molecule has 0 aromatic carbocycles. The molecule has 2 heterocycles. The summed E-state index contributed by atoms with van der Waals surface area (Å²) in [5.74, 6) is -3.83. The molecule has 0 amide bonds. The Morgan fingerprint density at radius 1 is 0.815 bits per heavy atom. The second-order valence-corrected chi connectivity index (χ2v) is 8.60. The standard InChI is InChI=1S/C15H32N2.C4H6O6/c1-16(12-6-7-13-16)10-4-3-5-11-17(2)14-8-9-15-17;5-1(3(7)8)2(6)4(9)10/h3-15H2,1-2H3;1-2,5-6H,(H,7,8)(H,9,10)/q+2;/p-1. The molecule has 2 saturated heterocycles. The van der Waals surface area contributed by atoms with Crippen LogP contribution in [-0.2, 0) is 9.59 Å². The molecule has 2 aliphatic heterocycles. The summed E-state index contributed by atoms with van der Waals surface area (Å²) in [6.07, 6.45) is 5.52. The molecule has 0 bridgehead atoms. The van der Waals surface area contributed by atoms with Gasteiger partial charge in [0.2, 0.25) is 0 Å². The van der Waals surface area contributed by atoms with Crippen molar-refractivity contribution in [3.8, 4) is 0 Å². The van der Waals surface area contributed by atoms with E-state index in [2.05, 4.69) is 14.1 Å². The molecule has 2 unspecified atom stereocenters. The molecular weight excluding hydrogens is 352 g/mol. The maximum atomic E-state index is 9.74. The molecule has 0 aliphatic carbocycles. The van der Waals surface area contributed by atoms with E-state index in [-0.39, 0.29) is 0 Å². The predicted octanol–water partition coefficient (Wildman–Crippen LogP) is -0.820. The molecule has 0 spiro atoms. The molecule has 8 nitrogen and oxygen atoms in total. The molecule has 0 radical (unpaired) electrons. The lowest BCUT2D eigenvalue weighted by molar-refractivity contribution is -0.899. The van der Waals surface area contributed by atoms with Gasteiger partial charge in [0, 0.05) is 25.7 Å². The molecule has 8 heteroatoms. The number of quaternary nitrogens is 2. The van der Waals surface area contributed by atoms with Crippen molar-refractivity contribution in [2.45, 2.75) is 57.2 Å². The van der Waals surface area contributed by atoms with Crippen molar-refractivity contribution in [2.75, 3.05) is 53.4 Å². The van der Waals surface area contributed by atoms with E-state index in [0.717, 1.165) is 0 Å². The second kappa shape index (κ2) is 10.9. The van der Waals surface area contributed by atoms with Crippen LogP contribution in [0, 0.1) is 0 Å². The lowest BCUT2D eigenvalue weighted by Gasteiger charge is -2.30. The van der Waals surface area contributed by atoms with Crippen molar-refractivity contribution in [1.82, 2.24) is 0 Å². The van der Waals surface area contributed by atoms with Crippen LogP contribution in [0.3, 0.4) is 0 Å². The Morgan fingerprint density at radius 2 is 1.19 bits per heavy atom. The van der Waals surface area contributed by atoms with Gasteiger partial charge in [0.1, 0.15) is 6.10 Å². The van der Waals surface area contributed by atoms with Crippen LogP contribution in [0.2, 0.25) is 0 Å². The molecule has 0 aromatic heterocycles. The van der Waals surface area contributed by atoms with Crippen LogP contribution in [0.4, 0.5) is 0 Å². The van der Waals surface area contributed by atoms with E-state index in [9.17, 15) is 14.7 Å². The third-order valence-corrected chi connectivity index (χ3v) is 5.98. The number of aliphatic hydroxyl groups excluding tert-OH is 2. The van der Waals surface area contributed by atoms with Gasteiger partial charge in [0.05, 0.1) is 59.3 Å². The number of aliphatic hydroxyl groups is 2. The molecule has 2 fully saturated rings. The molecule has 2 rings (SSSR count). The minimum absolute atomic E-state index is 1.37. The number of carboxylic acid groups (broad SMARTS) is 2. The Morgan fingerprint density at radius 3 is 1.44 bits per heavy atom. The zero-order valence-corrected chi connectivity index (χ0v) is 16.8. The SMILES string of the molecule is C[N+]1(CCCCC[N+]2(C)CCCC2)CCCC1.O=C([O-])C(O)C(O)C(=O)O. The van der Waals surface area contributed by atoms with Gasteiger partial charge in [-0.05, 0) is 19.3 Å². The molecule has 2 atom stereocenters. The Bertz CT molecular complexity index is 431. The van der Waals surface area contributed by atoms with E-state index in [1.807, 2.05) is 0 Å². The number of likely N-dealkylation sites (tertiary alicyclic amines) is 2. The molecule has 3 N–H and O–H groups in total. The van der Waals surface area contributed by atoms with Crippen molar-refractivity contribution in [1.29, 1.82) is 0 Å². The Labute approximate surface area is 162 Å². The van der Waals surface area contributed by atoms with Gasteiger partial charge >= 0.3 is 5.97 Å². The van der Waals surface area contributed by atoms with Gasteiger partial charge in [-0.1, -0.05) is 0 Å². The number of hydrogen-bond acceptors (Lipinski definition) is 5. The fraction of sp³-hybridized carbons (Fsp3) is 0.895. The predicted molar refractivity (Wildman–Crippen MR) is 98.5 cm³/mol. The van der Waals surface area contributed by atoms with Crippen LogP contribution in [0.25, 0.3) is 0 Å². The zero-order chi connectivity index (χ0) is 20.5. The van der Waals surface area contributed by atoms with Gasteiger partial charge in [-0.25, -0.2) is 4.79 Å². The molecular formula is C19H37N2O6+. The second-order valence-electron chi connectivity index (χ2n) is 8.60. The number of aliphatic carboxylic acids is 2. The Hall–Kier alpha value is -1.22. The van der Waals surface area contributed by atoms with Gasteiger partial charge in [-0.2, -0.15) is 0 Å². The Kier molecular flexibility index (Phi) is 9.66. The molecule has 158 valence electrons. The third-order valence-electron chi connectivity index (χ3n) is 5.98. The molecule has 0 aromatic rings. The van der Waals surface area contributed by atoms with E-state index in [1.165, 1.54) is 93.2 Å². The van der Waals surface area contributed by atoms with E-state index >= 15 is 0 Å². The van der Waals surface area contributed by atoms with Crippen LogP contribution in [0.5, 0.6) is 0 Å². The lowest BCUT2D eigenvalue weighted by Crippen LogP contribution is -2.46. The van der Waals surface area contributed by atoms with Gasteiger partial charge in [0.15, 0.2) is 6.10 Å². The smallest absolute Gasteiger partial charge is 0.335 e. The van der Waals surface area contributed by atoms with Crippen LogP contribution < -0.4 is 5.11 Å². The highest BCUT2D eigenvalue weighted by atomic mass is 16.4. The third kappa shape index (κ3) is 8.55. The highest BCUT2D eigenvalue weighted by molar-refractivity contribution is 5.82. The summed E-state index contributed by atoms with van der Waals surface area (Å²) in [4.78, 5) is 19.4. The minimum atomic E-state index is -2.38. The summed E-state index contributed by atoms with van der Waals surface area (Å²) >= 11 is 0. The fourth-order valence-corrected chi connectivity index (χ4v) is 4.07. The number of carboxylic acids is 2. The van der Waals surface area contributed by atoms with Crippen LogP contribution >= 0.6 is 0 Å². The first-order valence-corrected chi connectivity index (χ1v) is 10.1. The quantitative estimate of drug-likeness (QED) is 0.350. The normalized spacial score (nSPS) is 22.5. The average Bonchev–Trinajstić information content (AvgIpc) is 3.23. The maximum Gasteiger partial charge on any atom is 0.335 e. The molecule has 0 saturated carbocycles. The Balaban J connectivity index is 0.000000314. The summed E-state index contributed by atoms with van der Waals surface area (Å²) in [6.45, 7) is 8.62. The first-order valence-electron chi connectivity index (χ1n) is 10.1. The topological polar surface area (TPSA) is 118 Å². The number of nitrogens with zero attached hydrogens (tertiary/aromatic N) is 2. The number of carbonyl (C=O) groups is 2. The fourth-order valence-electron chi connectivity index (χ4n) is 4.07. The van der Waals surface area contributed by atoms with E-state index < -0.39 is 24.1 Å². The van der Waals surface area contributed by atoms with Crippen molar-refractivity contribution in [2.24, 2.45) is 0 Å². The summed E-state index contributed by atoms with van der Waals surface area (Å²) in [7, 11) is 4.92. The maximum absolute atomic E-state index is 9.74. The van der Waals surface area contributed by atoms with Crippen molar-refractivity contribution in [3.05, 3.63) is 0 Å². The monoisotopic (exact) mass is 389 g/mol. The largest absolute Gasteiger partial charge is 0.547 e. The van der Waals surface area contributed by atoms with Gasteiger partial charge in [-0.15, -0.1) is 0 Å². The first-order chi connectivity index (χ1) is 12.6. The van der Waals surface area contributed by atoms with Crippen LogP contribution in [0.1, 0.15) is 44.9 Å². The van der Waals surface area contributed by atoms with Crippen molar-refractivity contribution >= 4 is 11.9 Å². The van der Waals surface area contributed by atoms with Crippen LogP contribution in [0.15, 0.2) is 0 Å². The lowest BCUT2D eigenvalue weighted by atomic mass is 10.2. The first kappa shape index (κ1) is 23.8.